The van der Waals surface area contributed by atoms with Crippen LogP contribution in [0.3, 0.4) is 0 Å². The first-order chi connectivity index (χ1) is 17.2. The van der Waals surface area contributed by atoms with Crippen LogP contribution in [0.5, 0.6) is 0 Å². The van der Waals surface area contributed by atoms with Crippen LogP contribution in [0.15, 0.2) is 0 Å². The van der Waals surface area contributed by atoms with Crippen molar-refractivity contribution in [3.8, 4) is 6.07 Å². The summed E-state index contributed by atoms with van der Waals surface area (Å²) >= 11 is 0. The molecule has 3 aliphatic heterocycles. The number of ether oxygens (including phenoxy) is 1. The highest BCUT2D eigenvalue weighted by Gasteiger charge is 2.51. The molecule has 0 aromatic heterocycles. The smallest absolute Gasteiger partial charge is 0.379 e. The molecule has 0 spiro atoms. The second-order valence-corrected chi connectivity index (χ2v) is 11.1. The Morgan fingerprint density at radius 1 is 1.19 bits per heavy atom. The van der Waals surface area contributed by atoms with Gasteiger partial charge in [-0.05, 0) is 31.1 Å². The lowest BCUT2D eigenvalue weighted by molar-refractivity contribution is -0.176. The number of halogens is 3. The van der Waals surface area contributed by atoms with Gasteiger partial charge in [0.15, 0.2) is 0 Å². The fourth-order valence-electron chi connectivity index (χ4n) is 5.44. The minimum absolute atomic E-state index is 0.0329. The molecule has 4 amide bonds. The standard InChI is InChI=1S/C24H34F3N5O5/c1-12(2)16-5-6-32-17(16)20(34)29-14(9-28)7-13-8-15(30-19(13)33)10-37-11-23(3,4)18(21(32)35)31-22(36)24(25,26)27/h12-18H,5-8,10-11H2,1-4H3,(H,29,34)(H,30,33)(H,31,36)/t13-,14?,15+,16?,17+,18-/m1/s1. The Morgan fingerprint density at radius 2 is 1.86 bits per heavy atom. The number of fused-ring (bicyclic) bond motifs is 3. The number of nitrogens with zero attached hydrogens (tertiary/aromatic N) is 2. The lowest BCUT2D eigenvalue weighted by Gasteiger charge is -2.38. The predicted octanol–water partition coefficient (Wildman–Crippen LogP) is 0.866. The Balaban J connectivity index is 2.02. The molecule has 3 rings (SSSR count). The first-order valence-electron chi connectivity index (χ1n) is 12.4. The van der Waals surface area contributed by atoms with Crippen molar-refractivity contribution in [3.05, 3.63) is 0 Å². The molecule has 3 heterocycles. The molecule has 13 heteroatoms. The maximum atomic E-state index is 13.8. The van der Waals surface area contributed by atoms with Crippen molar-refractivity contribution in [1.29, 1.82) is 5.26 Å². The summed E-state index contributed by atoms with van der Waals surface area (Å²) in [7, 11) is 0. The van der Waals surface area contributed by atoms with Crippen molar-refractivity contribution in [2.24, 2.45) is 23.2 Å². The summed E-state index contributed by atoms with van der Waals surface area (Å²) in [5.41, 5.74) is -1.30. The van der Waals surface area contributed by atoms with Gasteiger partial charge in [0.25, 0.3) is 0 Å². The van der Waals surface area contributed by atoms with Crippen LogP contribution in [-0.4, -0.2) is 78.6 Å². The molecule has 3 saturated heterocycles. The van der Waals surface area contributed by atoms with Gasteiger partial charge in [0.2, 0.25) is 17.7 Å². The number of alkyl halides is 3. The molecule has 0 aromatic carbocycles. The highest BCUT2D eigenvalue weighted by molar-refractivity contribution is 5.94. The molecule has 3 aliphatic rings. The van der Waals surface area contributed by atoms with Gasteiger partial charge in [-0.1, -0.05) is 27.7 Å². The van der Waals surface area contributed by atoms with Crippen LogP contribution in [0, 0.1) is 34.5 Å². The molecule has 0 aromatic rings. The molecule has 3 fully saturated rings. The number of hydrogen-bond acceptors (Lipinski definition) is 6. The van der Waals surface area contributed by atoms with Crippen molar-refractivity contribution < 1.29 is 37.1 Å². The molecule has 0 saturated carbocycles. The highest BCUT2D eigenvalue weighted by Crippen LogP contribution is 2.34. The fraction of sp³-hybridized carbons (Fsp3) is 0.792. The first-order valence-corrected chi connectivity index (χ1v) is 12.4. The van der Waals surface area contributed by atoms with E-state index < -0.39 is 59.4 Å². The van der Waals surface area contributed by atoms with Gasteiger partial charge in [0.1, 0.15) is 18.1 Å². The summed E-state index contributed by atoms with van der Waals surface area (Å²) in [6.07, 6.45) is -4.38. The van der Waals surface area contributed by atoms with Gasteiger partial charge in [-0.25, -0.2) is 0 Å². The van der Waals surface area contributed by atoms with E-state index in [0.29, 0.717) is 12.8 Å². The Morgan fingerprint density at radius 3 is 2.46 bits per heavy atom. The second kappa shape index (κ2) is 10.8. The Labute approximate surface area is 213 Å². The summed E-state index contributed by atoms with van der Waals surface area (Å²) in [4.78, 5) is 52.8. The van der Waals surface area contributed by atoms with E-state index >= 15 is 0 Å². The van der Waals surface area contributed by atoms with E-state index in [9.17, 15) is 37.6 Å². The lowest BCUT2D eigenvalue weighted by atomic mass is 9.83. The highest BCUT2D eigenvalue weighted by atomic mass is 19.4. The number of nitriles is 1. The van der Waals surface area contributed by atoms with Crippen LogP contribution >= 0.6 is 0 Å². The van der Waals surface area contributed by atoms with Crippen LogP contribution in [-0.2, 0) is 23.9 Å². The van der Waals surface area contributed by atoms with Crippen LogP contribution < -0.4 is 16.0 Å². The molecule has 0 aliphatic carbocycles. The predicted molar refractivity (Wildman–Crippen MR) is 123 cm³/mol. The van der Waals surface area contributed by atoms with Crippen LogP contribution in [0.25, 0.3) is 0 Å². The average Bonchev–Trinajstić information content (AvgIpc) is 3.38. The Bertz CT molecular complexity index is 963. The van der Waals surface area contributed by atoms with Crippen LogP contribution in [0.2, 0.25) is 0 Å². The molecule has 2 bridgehead atoms. The minimum Gasteiger partial charge on any atom is -0.379 e. The maximum Gasteiger partial charge on any atom is 0.471 e. The number of carbonyl (C=O) groups is 4. The van der Waals surface area contributed by atoms with Crippen molar-refractivity contribution in [2.75, 3.05) is 19.8 Å². The number of hydrogen-bond donors (Lipinski definition) is 3. The average molecular weight is 530 g/mol. The largest absolute Gasteiger partial charge is 0.471 e. The van der Waals surface area contributed by atoms with E-state index in [1.54, 1.807) is 0 Å². The van der Waals surface area contributed by atoms with Gasteiger partial charge >= 0.3 is 12.1 Å². The van der Waals surface area contributed by atoms with Crippen molar-refractivity contribution in [3.63, 3.8) is 0 Å². The van der Waals surface area contributed by atoms with Crippen LogP contribution in [0.1, 0.15) is 47.0 Å². The third kappa shape index (κ3) is 6.34. The molecular weight excluding hydrogens is 495 g/mol. The Kier molecular flexibility index (Phi) is 8.41. The number of rotatable bonds is 2. The van der Waals surface area contributed by atoms with Gasteiger partial charge in [-0.3, -0.25) is 19.2 Å². The molecule has 10 nitrogen and oxygen atoms in total. The second-order valence-electron chi connectivity index (χ2n) is 11.1. The third-order valence-corrected chi connectivity index (χ3v) is 7.49. The van der Waals surface area contributed by atoms with E-state index in [1.165, 1.54) is 18.7 Å². The number of carbonyl (C=O) groups excluding carboxylic acids is 4. The van der Waals surface area contributed by atoms with Crippen molar-refractivity contribution >= 4 is 23.6 Å². The zero-order valence-corrected chi connectivity index (χ0v) is 21.4. The van der Waals surface area contributed by atoms with Crippen LogP contribution in [0.4, 0.5) is 13.2 Å². The van der Waals surface area contributed by atoms with E-state index in [-0.39, 0.29) is 43.9 Å². The Hall–Kier alpha value is -2.88. The molecule has 0 radical (unpaired) electrons. The molecule has 6 atom stereocenters. The third-order valence-electron chi connectivity index (χ3n) is 7.49. The zero-order valence-electron chi connectivity index (χ0n) is 21.4. The zero-order chi connectivity index (χ0) is 27.7. The van der Waals surface area contributed by atoms with Gasteiger partial charge in [0.05, 0.1) is 25.3 Å². The SMILES string of the molecule is CC(C)C1CCN2C(=O)[C@@H](NC(=O)C(F)(F)F)C(C)(C)COC[C@@H]3C[C@@H](CC(C#N)NC(=O)[C@H]12)C(=O)N3. The maximum absolute atomic E-state index is 13.8. The van der Waals surface area contributed by atoms with Crippen molar-refractivity contribution in [1.82, 2.24) is 20.9 Å². The van der Waals surface area contributed by atoms with E-state index in [0.717, 1.165) is 0 Å². The summed E-state index contributed by atoms with van der Waals surface area (Å²) in [6.45, 7) is 6.66. The molecular formula is C24H34F3N5O5. The van der Waals surface area contributed by atoms with Gasteiger partial charge in [0, 0.05) is 17.9 Å². The summed E-state index contributed by atoms with van der Waals surface area (Å²) in [6, 6.07) is -2.11. The van der Waals surface area contributed by atoms with E-state index in [4.69, 9.17) is 4.74 Å². The molecule has 3 N–H and O–H groups in total. The van der Waals surface area contributed by atoms with Gasteiger partial charge in [-0.2, -0.15) is 18.4 Å². The number of nitrogens with one attached hydrogen (secondary N) is 3. The summed E-state index contributed by atoms with van der Waals surface area (Å²) < 4.78 is 45.3. The van der Waals surface area contributed by atoms with Crippen molar-refractivity contribution in [2.45, 2.75) is 77.3 Å². The van der Waals surface area contributed by atoms with E-state index in [2.05, 4.69) is 10.6 Å². The quantitative estimate of drug-likeness (QED) is 0.485. The normalized spacial score (nSPS) is 33.1. The monoisotopic (exact) mass is 529 g/mol. The first kappa shape index (κ1) is 28.7. The van der Waals surface area contributed by atoms with E-state index in [1.807, 2.05) is 25.2 Å². The number of amides is 4. The molecule has 2 unspecified atom stereocenters. The van der Waals surface area contributed by atoms with Gasteiger partial charge < -0.3 is 25.6 Å². The minimum atomic E-state index is -5.22. The summed E-state index contributed by atoms with van der Waals surface area (Å²) in [5, 5.41) is 16.9. The summed E-state index contributed by atoms with van der Waals surface area (Å²) in [5.74, 6) is -4.90. The van der Waals surface area contributed by atoms with Gasteiger partial charge in [-0.15, -0.1) is 0 Å². The lowest BCUT2D eigenvalue weighted by Crippen LogP contribution is -2.61. The molecule has 37 heavy (non-hydrogen) atoms. The topological polar surface area (TPSA) is 141 Å². The fourth-order valence-corrected chi connectivity index (χ4v) is 5.44. The molecule has 206 valence electrons.